The standard InChI is InChI=1S/C12H15ClN4O3/c1-14-5-8-2-3-16(7-8)12(18)9-4-11(13)15-6-10(9)17(19)20/h4,6,8,14H,2-3,5,7H2,1H3. The minimum Gasteiger partial charge on any atom is -0.338 e. The fraction of sp³-hybridized carbons (Fsp3) is 0.500. The zero-order valence-corrected chi connectivity index (χ0v) is 11.8. The van der Waals surface area contributed by atoms with Crippen molar-refractivity contribution < 1.29 is 9.72 Å². The molecule has 1 aliphatic rings. The van der Waals surface area contributed by atoms with Crippen molar-refractivity contribution in [3.8, 4) is 0 Å². The maximum atomic E-state index is 12.4. The Balaban J connectivity index is 2.21. The summed E-state index contributed by atoms with van der Waals surface area (Å²) >= 11 is 5.74. The summed E-state index contributed by atoms with van der Waals surface area (Å²) in [5.74, 6) is 0.0138. The number of carbonyl (C=O) groups excluding carboxylic acids is 1. The van der Waals surface area contributed by atoms with E-state index >= 15 is 0 Å². The van der Waals surface area contributed by atoms with Gasteiger partial charge in [0.15, 0.2) is 0 Å². The largest absolute Gasteiger partial charge is 0.338 e. The highest BCUT2D eigenvalue weighted by atomic mass is 35.5. The van der Waals surface area contributed by atoms with Gasteiger partial charge >= 0.3 is 0 Å². The van der Waals surface area contributed by atoms with E-state index < -0.39 is 4.92 Å². The Bertz CT molecular complexity index is 537. The summed E-state index contributed by atoms with van der Waals surface area (Å²) in [6, 6.07) is 1.26. The number of nitrogens with zero attached hydrogens (tertiary/aromatic N) is 3. The molecule has 1 unspecified atom stereocenters. The fourth-order valence-corrected chi connectivity index (χ4v) is 2.54. The average Bonchev–Trinajstić information content (AvgIpc) is 2.86. The molecule has 8 heteroatoms. The van der Waals surface area contributed by atoms with Crippen LogP contribution in [0.4, 0.5) is 5.69 Å². The van der Waals surface area contributed by atoms with Crippen LogP contribution in [0.15, 0.2) is 12.3 Å². The molecule has 0 bridgehead atoms. The number of nitro groups is 1. The molecule has 1 amide bonds. The van der Waals surface area contributed by atoms with E-state index in [1.165, 1.54) is 6.07 Å². The summed E-state index contributed by atoms with van der Waals surface area (Å²) in [4.78, 5) is 28.0. The monoisotopic (exact) mass is 298 g/mol. The number of amides is 1. The van der Waals surface area contributed by atoms with E-state index in [1.54, 1.807) is 4.90 Å². The Morgan fingerprint density at radius 3 is 3.10 bits per heavy atom. The Morgan fingerprint density at radius 2 is 2.45 bits per heavy atom. The first-order valence-corrected chi connectivity index (χ1v) is 6.64. The number of pyridine rings is 1. The highest BCUT2D eigenvalue weighted by Crippen LogP contribution is 2.25. The number of hydrogen-bond donors (Lipinski definition) is 1. The van der Waals surface area contributed by atoms with Crippen LogP contribution >= 0.6 is 11.6 Å². The Kier molecular flexibility index (Phi) is 4.51. The molecule has 2 rings (SSSR count). The van der Waals surface area contributed by atoms with Crippen LogP contribution in [-0.2, 0) is 0 Å². The van der Waals surface area contributed by atoms with E-state index in [2.05, 4.69) is 10.3 Å². The van der Waals surface area contributed by atoms with Crippen molar-refractivity contribution in [3.63, 3.8) is 0 Å². The molecule has 1 fully saturated rings. The summed E-state index contributed by atoms with van der Waals surface area (Å²) in [6.07, 6.45) is 1.91. The van der Waals surface area contributed by atoms with Crippen LogP contribution in [0.3, 0.4) is 0 Å². The minimum atomic E-state index is -0.613. The van der Waals surface area contributed by atoms with Gasteiger partial charge in [-0.05, 0) is 32.0 Å². The first kappa shape index (κ1) is 14.7. The van der Waals surface area contributed by atoms with Gasteiger partial charge in [-0.25, -0.2) is 4.98 Å². The fourth-order valence-electron chi connectivity index (χ4n) is 2.38. The van der Waals surface area contributed by atoms with Crippen LogP contribution in [0.5, 0.6) is 0 Å². The number of likely N-dealkylation sites (tertiary alicyclic amines) is 1. The van der Waals surface area contributed by atoms with Gasteiger partial charge in [0.25, 0.3) is 11.6 Å². The van der Waals surface area contributed by atoms with Gasteiger partial charge in [-0.15, -0.1) is 0 Å². The van der Waals surface area contributed by atoms with Gasteiger partial charge in [-0.1, -0.05) is 11.6 Å². The van der Waals surface area contributed by atoms with Gasteiger partial charge in [0, 0.05) is 13.1 Å². The van der Waals surface area contributed by atoms with Crippen LogP contribution in [0.2, 0.25) is 5.15 Å². The lowest BCUT2D eigenvalue weighted by atomic mass is 10.1. The molecular formula is C12H15ClN4O3. The lowest BCUT2D eigenvalue weighted by Gasteiger charge is -2.16. The third-order valence-electron chi connectivity index (χ3n) is 3.34. The normalized spacial score (nSPS) is 18.3. The number of nitrogens with one attached hydrogen (secondary N) is 1. The van der Waals surface area contributed by atoms with Crippen molar-refractivity contribution >= 4 is 23.2 Å². The predicted molar refractivity (Wildman–Crippen MR) is 73.8 cm³/mol. The number of carbonyl (C=O) groups is 1. The highest BCUT2D eigenvalue weighted by Gasteiger charge is 2.30. The van der Waals surface area contributed by atoms with Gasteiger partial charge in [0.1, 0.15) is 16.9 Å². The second-order valence-electron chi connectivity index (χ2n) is 4.74. The van der Waals surface area contributed by atoms with Crippen molar-refractivity contribution in [3.05, 3.63) is 33.1 Å². The SMILES string of the molecule is CNCC1CCN(C(=O)c2cc(Cl)ncc2[N+](=O)[O-])C1. The zero-order valence-electron chi connectivity index (χ0n) is 11.0. The van der Waals surface area contributed by atoms with Crippen molar-refractivity contribution in [2.24, 2.45) is 5.92 Å². The third-order valence-corrected chi connectivity index (χ3v) is 3.55. The van der Waals surface area contributed by atoms with Crippen LogP contribution < -0.4 is 5.32 Å². The molecule has 0 radical (unpaired) electrons. The van der Waals surface area contributed by atoms with Crippen molar-refractivity contribution in [1.29, 1.82) is 0 Å². The molecule has 20 heavy (non-hydrogen) atoms. The van der Waals surface area contributed by atoms with Gasteiger partial charge < -0.3 is 10.2 Å². The molecule has 1 aromatic heterocycles. The summed E-state index contributed by atoms with van der Waals surface area (Å²) < 4.78 is 0. The Morgan fingerprint density at radius 1 is 1.70 bits per heavy atom. The summed E-state index contributed by atoms with van der Waals surface area (Å²) in [7, 11) is 1.86. The second-order valence-corrected chi connectivity index (χ2v) is 5.13. The molecule has 1 aromatic rings. The molecule has 108 valence electrons. The molecule has 1 N–H and O–H groups in total. The third kappa shape index (κ3) is 3.05. The second kappa shape index (κ2) is 6.15. The highest BCUT2D eigenvalue weighted by molar-refractivity contribution is 6.29. The van der Waals surface area contributed by atoms with E-state index in [9.17, 15) is 14.9 Å². The molecule has 7 nitrogen and oxygen atoms in total. The molecule has 1 atom stereocenters. The predicted octanol–water partition coefficient (Wildman–Crippen LogP) is 1.32. The maximum absolute atomic E-state index is 12.4. The van der Waals surface area contributed by atoms with E-state index in [4.69, 9.17) is 11.6 Å². The molecule has 2 heterocycles. The van der Waals surface area contributed by atoms with Crippen molar-refractivity contribution in [2.75, 3.05) is 26.7 Å². The van der Waals surface area contributed by atoms with Gasteiger partial charge in [-0.3, -0.25) is 14.9 Å². The van der Waals surface area contributed by atoms with Crippen LogP contribution in [-0.4, -0.2) is 47.4 Å². The van der Waals surface area contributed by atoms with Crippen LogP contribution in [0.25, 0.3) is 0 Å². The summed E-state index contributed by atoms with van der Waals surface area (Å²) in [5, 5.41) is 14.1. The van der Waals surface area contributed by atoms with Crippen LogP contribution in [0, 0.1) is 16.0 Å². The topological polar surface area (TPSA) is 88.4 Å². The molecule has 0 aromatic carbocycles. The lowest BCUT2D eigenvalue weighted by Crippen LogP contribution is -2.30. The van der Waals surface area contributed by atoms with Gasteiger partial charge in [-0.2, -0.15) is 0 Å². The molecule has 1 saturated heterocycles. The molecule has 0 aliphatic carbocycles. The number of aromatic nitrogens is 1. The van der Waals surface area contributed by atoms with E-state index in [1.807, 2.05) is 7.05 Å². The van der Waals surface area contributed by atoms with E-state index in [0.29, 0.717) is 19.0 Å². The minimum absolute atomic E-state index is 0.0000997. The summed E-state index contributed by atoms with van der Waals surface area (Å²) in [5.41, 5.74) is -0.309. The summed E-state index contributed by atoms with van der Waals surface area (Å²) in [6.45, 7) is 2.02. The molecular weight excluding hydrogens is 284 g/mol. The smallest absolute Gasteiger partial charge is 0.300 e. The number of halogens is 1. The molecule has 1 aliphatic heterocycles. The number of hydrogen-bond acceptors (Lipinski definition) is 5. The van der Waals surface area contributed by atoms with E-state index in [-0.39, 0.29) is 22.3 Å². The lowest BCUT2D eigenvalue weighted by molar-refractivity contribution is -0.385. The van der Waals surface area contributed by atoms with Crippen LogP contribution in [0.1, 0.15) is 16.8 Å². The quantitative estimate of drug-likeness (QED) is 0.514. The Hall–Kier alpha value is -1.73. The molecule has 0 saturated carbocycles. The Labute approximate surface area is 121 Å². The van der Waals surface area contributed by atoms with Crippen molar-refractivity contribution in [1.82, 2.24) is 15.2 Å². The van der Waals surface area contributed by atoms with Crippen molar-refractivity contribution in [2.45, 2.75) is 6.42 Å². The van der Waals surface area contributed by atoms with Gasteiger partial charge in [0.05, 0.1) is 4.92 Å². The zero-order chi connectivity index (χ0) is 14.7. The number of rotatable bonds is 4. The first-order chi connectivity index (χ1) is 9.52. The van der Waals surface area contributed by atoms with E-state index in [0.717, 1.165) is 19.2 Å². The average molecular weight is 299 g/mol. The van der Waals surface area contributed by atoms with Gasteiger partial charge in [0.2, 0.25) is 0 Å². The first-order valence-electron chi connectivity index (χ1n) is 6.26. The maximum Gasteiger partial charge on any atom is 0.300 e. The molecule has 0 spiro atoms.